The van der Waals surface area contributed by atoms with E-state index in [1.165, 1.54) is 4.31 Å². The van der Waals surface area contributed by atoms with Gasteiger partial charge in [-0.1, -0.05) is 29.3 Å². The molecule has 164 valence electrons. The third kappa shape index (κ3) is 5.73. The van der Waals surface area contributed by atoms with E-state index in [1.807, 2.05) is 28.6 Å². The summed E-state index contributed by atoms with van der Waals surface area (Å²) in [5.74, 6) is -0.289. The Bertz CT molecular complexity index is 1010. The van der Waals surface area contributed by atoms with Gasteiger partial charge in [-0.2, -0.15) is 4.31 Å². The molecular formula is C19H25Cl2N5O3S. The fourth-order valence-electron chi connectivity index (χ4n) is 3.48. The number of nitrogens with one attached hydrogen (secondary N) is 1. The SMILES string of the molecule is CN1CCN(S(C)(=O)=O)C(C(=O)NCCc2cncn2Cc2ccc(Cl)c(Cl)c2)C1. The van der Waals surface area contributed by atoms with Crippen molar-refractivity contribution >= 4 is 39.1 Å². The lowest BCUT2D eigenvalue weighted by atomic mass is 10.2. The summed E-state index contributed by atoms with van der Waals surface area (Å²) in [5, 5.41) is 3.87. The molecule has 1 saturated heterocycles. The Hall–Kier alpha value is -1.65. The van der Waals surface area contributed by atoms with Crippen molar-refractivity contribution in [3.63, 3.8) is 0 Å². The molecule has 1 unspecified atom stereocenters. The van der Waals surface area contributed by atoms with Gasteiger partial charge in [0.05, 0.1) is 22.6 Å². The van der Waals surface area contributed by atoms with Gasteiger partial charge >= 0.3 is 0 Å². The quantitative estimate of drug-likeness (QED) is 0.657. The zero-order chi connectivity index (χ0) is 21.9. The second-order valence-electron chi connectivity index (χ2n) is 7.45. The van der Waals surface area contributed by atoms with Crippen LogP contribution in [0.1, 0.15) is 11.3 Å². The topological polar surface area (TPSA) is 87.5 Å². The van der Waals surface area contributed by atoms with Crippen molar-refractivity contribution in [3.05, 3.63) is 52.0 Å². The molecule has 0 radical (unpaired) electrons. The highest BCUT2D eigenvalue weighted by Crippen LogP contribution is 2.23. The van der Waals surface area contributed by atoms with E-state index < -0.39 is 16.1 Å². The molecule has 0 bridgehead atoms. The Labute approximate surface area is 186 Å². The maximum absolute atomic E-state index is 12.7. The lowest BCUT2D eigenvalue weighted by molar-refractivity contribution is -0.126. The minimum atomic E-state index is -3.45. The van der Waals surface area contributed by atoms with Crippen LogP contribution in [-0.4, -0.2) is 78.6 Å². The first-order valence-corrected chi connectivity index (χ1v) is 12.1. The molecule has 30 heavy (non-hydrogen) atoms. The van der Waals surface area contributed by atoms with Gasteiger partial charge in [-0.25, -0.2) is 13.4 Å². The van der Waals surface area contributed by atoms with Gasteiger partial charge < -0.3 is 14.8 Å². The normalized spacial score (nSPS) is 18.5. The monoisotopic (exact) mass is 473 g/mol. The summed E-state index contributed by atoms with van der Waals surface area (Å²) in [5.41, 5.74) is 1.93. The third-order valence-electron chi connectivity index (χ3n) is 5.08. The number of carbonyl (C=O) groups is 1. The number of likely N-dealkylation sites (N-methyl/N-ethyl adjacent to an activating group) is 1. The van der Waals surface area contributed by atoms with Crippen molar-refractivity contribution in [1.29, 1.82) is 0 Å². The van der Waals surface area contributed by atoms with Gasteiger partial charge in [0.1, 0.15) is 6.04 Å². The predicted molar refractivity (Wildman–Crippen MR) is 117 cm³/mol. The molecule has 2 heterocycles. The molecule has 1 aromatic carbocycles. The summed E-state index contributed by atoms with van der Waals surface area (Å²) in [7, 11) is -1.57. The molecule has 1 atom stereocenters. The largest absolute Gasteiger partial charge is 0.354 e. The van der Waals surface area contributed by atoms with Crippen molar-refractivity contribution < 1.29 is 13.2 Å². The van der Waals surface area contributed by atoms with Crippen LogP contribution in [0.25, 0.3) is 0 Å². The van der Waals surface area contributed by atoms with E-state index in [1.54, 1.807) is 18.6 Å². The molecule has 0 spiro atoms. The highest BCUT2D eigenvalue weighted by atomic mass is 35.5. The fourth-order valence-corrected chi connectivity index (χ4v) is 4.84. The Morgan fingerprint density at radius 2 is 2.03 bits per heavy atom. The standard InChI is InChI=1S/C19H25Cl2N5O3S/c1-24-7-8-26(30(2,28)29)18(12-24)19(27)23-6-5-15-10-22-13-25(15)11-14-3-4-16(20)17(21)9-14/h3-4,9-10,13,18H,5-8,11-12H2,1-2H3,(H,23,27). The number of nitrogens with zero attached hydrogens (tertiary/aromatic N) is 4. The number of hydrogen-bond donors (Lipinski definition) is 1. The van der Waals surface area contributed by atoms with Crippen molar-refractivity contribution in [1.82, 2.24) is 24.1 Å². The third-order valence-corrected chi connectivity index (χ3v) is 7.11. The summed E-state index contributed by atoms with van der Waals surface area (Å²) in [6, 6.07) is 4.75. The summed E-state index contributed by atoms with van der Waals surface area (Å²) in [6.07, 6.45) is 5.18. The molecule has 0 aliphatic carbocycles. The maximum atomic E-state index is 12.7. The Morgan fingerprint density at radius 1 is 1.27 bits per heavy atom. The molecule has 3 rings (SSSR count). The van der Waals surface area contributed by atoms with Gasteiger partial charge in [-0.15, -0.1) is 0 Å². The highest BCUT2D eigenvalue weighted by Gasteiger charge is 2.36. The number of rotatable bonds is 7. The average Bonchev–Trinajstić information content (AvgIpc) is 3.10. The molecule has 0 saturated carbocycles. The zero-order valence-electron chi connectivity index (χ0n) is 16.9. The average molecular weight is 474 g/mol. The van der Waals surface area contributed by atoms with Crippen molar-refractivity contribution in [3.8, 4) is 0 Å². The molecule has 1 N–H and O–H groups in total. The van der Waals surface area contributed by atoms with Gasteiger partial charge in [0, 0.05) is 51.0 Å². The van der Waals surface area contributed by atoms with Crippen LogP contribution in [-0.2, 0) is 27.8 Å². The van der Waals surface area contributed by atoms with Gasteiger partial charge in [-0.3, -0.25) is 4.79 Å². The number of halogens is 2. The minimum Gasteiger partial charge on any atom is -0.354 e. The van der Waals surface area contributed by atoms with Crippen molar-refractivity contribution in [2.45, 2.75) is 19.0 Å². The van der Waals surface area contributed by atoms with Gasteiger partial charge in [-0.05, 0) is 24.7 Å². The Balaban J connectivity index is 1.59. The first kappa shape index (κ1) is 23.0. The van der Waals surface area contributed by atoms with E-state index in [-0.39, 0.29) is 5.91 Å². The van der Waals surface area contributed by atoms with Crippen molar-refractivity contribution in [2.24, 2.45) is 0 Å². The summed E-state index contributed by atoms with van der Waals surface area (Å²) in [4.78, 5) is 18.8. The van der Waals surface area contributed by atoms with E-state index in [0.29, 0.717) is 49.2 Å². The molecular weight excluding hydrogens is 449 g/mol. The first-order valence-electron chi connectivity index (χ1n) is 9.51. The van der Waals surface area contributed by atoms with Crippen LogP contribution in [0.5, 0.6) is 0 Å². The molecule has 8 nitrogen and oxygen atoms in total. The van der Waals surface area contributed by atoms with Gasteiger partial charge in [0.25, 0.3) is 0 Å². The van der Waals surface area contributed by atoms with E-state index in [0.717, 1.165) is 17.5 Å². The van der Waals surface area contributed by atoms with Gasteiger partial charge in [0.15, 0.2) is 0 Å². The lowest BCUT2D eigenvalue weighted by Crippen LogP contribution is -2.59. The van der Waals surface area contributed by atoms with Crippen LogP contribution in [0.15, 0.2) is 30.7 Å². The van der Waals surface area contributed by atoms with Crippen LogP contribution in [0.3, 0.4) is 0 Å². The fraction of sp³-hybridized carbons (Fsp3) is 0.474. The lowest BCUT2D eigenvalue weighted by Gasteiger charge is -2.37. The van der Waals surface area contributed by atoms with E-state index in [9.17, 15) is 13.2 Å². The molecule has 1 fully saturated rings. The molecule has 1 aromatic heterocycles. The molecule has 11 heteroatoms. The number of amides is 1. The van der Waals surface area contributed by atoms with E-state index in [2.05, 4.69) is 10.3 Å². The predicted octanol–water partition coefficient (Wildman–Crippen LogP) is 1.47. The van der Waals surface area contributed by atoms with E-state index >= 15 is 0 Å². The number of benzene rings is 1. The maximum Gasteiger partial charge on any atom is 0.239 e. The zero-order valence-corrected chi connectivity index (χ0v) is 19.2. The van der Waals surface area contributed by atoms with Crippen LogP contribution in [0.4, 0.5) is 0 Å². The van der Waals surface area contributed by atoms with Crippen LogP contribution < -0.4 is 5.32 Å². The summed E-state index contributed by atoms with van der Waals surface area (Å²) >= 11 is 12.1. The molecule has 1 aliphatic rings. The number of imidazole rings is 1. The number of carbonyl (C=O) groups excluding carboxylic acids is 1. The first-order chi connectivity index (χ1) is 14.1. The number of piperazine rings is 1. The second-order valence-corrected chi connectivity index (χ2v) is 10.2. The number of hydrogen-bond acceptors (Lipinski definition) is 5. The summed E-state index contributed by atoms with van der Waals surface area (Å²) in [6.45, 7) is 2.24. The molecule has 2 aromatic rings. The molecule has 1 amide bonds. The number of aromatic nitrogens is 2. The Morgan fingerprint density at radius 3 is 2.73 bits per heavy atom. The highest BCUT2D eigenvalue weighted by molar-refractivity contribution is 7.88. The Kier molecular flexibility index (Phi) is 7.41. The van der Waals surface area contributed by atoms with Crippen LogP contribution >= 0.6 is 23.2 Å². The molecule has 1 aliphatic heterocycles. The van der Waals surface area contributed by atoms with E-state index in [4.69, 9.17) is 23.2 Å². The van der Waals surface area contributed by atoms with Crippen LogP contribution in [0, 0.1) is 0 Å². The van der Waals surface area contributed by atoms with Crippen molar-refractivity contribution in [2.75, 3.05) is 39.5 Å². The number of sulfonamides is 1. The smallest absolute Gasteiger partial charge is 0.239 e. The van der Waals surface area contributed by atoms with Gasteiger partial charge in [0.2, 0.25) is 15.9 Å². The summed E-state index contributed by atoms with van der Waals surface area (Å²) < 4.78 is 27.3. The minimum absolute atomic E-state index is 0.289. The second kappa shape index (κ2) is 9.65. The van der Waals surface area contributed by atoms with Crippen LogP contribution in [0.2, 0.25) is 10.0 Å².